The number of nitrogens with two attached hydrogens (primary N) is 1. The van der Waals surface area contributed by atoms with Crippen molar-refractivity contribution in [2.45, 2.75) is 25.7 Å². The Balaban J connectivity index is 3.18. The SMILES string of the molecule is CCN(CC(C)C(=N)N)S(=O)(=O)c1cc(F)ccc1C. The van der Waals surface area contributed by atoms with Crippen LogP contribution in [-0.2, 0) is 10.0 Å². The highest BCUT2D eigenvalue weighted by Gasteiger charge is 2.27. The number of amidine groups is 1. The maximum atomic E-state index is 13.3. The van der Waals surface area contributed by atoms with Crippen LogP contribution in [0.25, 0.3) is 0 Å². The van der Waals surface area contributed by atoms with E-state index in [1.165, 1.54) is 16.4 Å². The Morgan fingerprint density at radius 2 is 2.10 bits per heavy atom. The minimum atomic E-state index is -3.79. The monoisotopic (exact) mass is 301 g/mol. The zero-order valence-corrected chi connectivity index (χ0v) is 12.7. The van der Waals surface area contributed by atoms with E-state index in [1.807, 2.05) is 0 Å². The van der Waals surface area contributed by atoms with Gasteiger partial charge in [-0.1, -0.05) is 19.9 Å². The molecule has 0 fully saturated rings. The van der Waals surface area contributed by atoms with E-state index in [0.717, 1.165) is 6.07 Å². The Labute approximate surface area is 119 Å². The number of benzene rings is 1. The summed E-state index contributed by atoms with van der Waals surface area (Å²) in [6.07, 6.45) is 0. The second-order valence-corrected chi connectivity index (χ2v) is 6.63. The van der Waals surface area contributed by atoms with Gasteiger partial charge in [-0.25, -0.2) is 12.8 Å². The number of nitrogens with one attached hydrogen (secondary N) is 1. The van der Waals surface area contributed by atoms with E-state index >= 15 is 0 Å². The Kier molecular flexibility index (Phi) is 5.24. The van der Waals surface area contributed by atoms with E-state index in [4.69, 9.17) is 11.1 Å². The third-order valence-corrected chi connectivity index (χ3v) is 5.21. The van der Waals surface area contributed by atoms with Gasteiger partial charge in [0.05, 0.1) is 10.7 Å². The molecule has 1 atom stereocenters. The minimum absolute atomic E-state index is 0.0462. The number of halogens is 1. The molecule has 1 unspecified atom stereocenters. The molecule has 0 aliphatic heterocycles. The maximum Gasteiger partial charge on any atom is 0.243 e. The van der Waals surface area contributed by atoms with E-state index in [1.54, 1.807) is 20.8 Å². The largest absolute Gasteiger partial charge is 0.387 e. The molecule has 1 aromatic carbocycles. The van der Waals surface area contributed by atoms with Gasteiger partial charge in [0.1, 0.15) is 5.82 Å². The summed E-state index contributed by atoms with van der Waals surface area (Å²) in [7, 11) is -3.79. The molecule has 0 aromatic heterocycles. The van der Waals surface area contributed by atoms with E-state index in [0.29, 0.717) is 5.56 Å². The molecule has 0 saturated heterocycles. The van der Waals surface area contributed by atoms with E-state index in [-0.39, 0.29) is 23.8 Å². The summed E-state index contributed by atoms with van der Waals surface area (Å²) in [5.41, 5.74) is 5.86. The molecule has 5 nitrogen and oxygen atoms in total. The lowest BCUT2D eigenvalue weighted by molar-refractivity contribution is 0.403. The molecule has 0 bridgehead atoms. The molecule has 20 heavy (non-hydrogen) atoms. The number of hydrogen-bond acceptors (Lipinski definition) is 3. The van der Waals surface area contributed by atoms with Gasteiger partial charge in [-0.05, 0) is 24.6 Å². The van der Waals surface area contributed by atoms with Crippen LogP contribution in [0.2, 0.25) is 0 Å². The van der Waals surface area contributed by atoms with Crippen LogP contribution in [0.5, 0.6) is 0 Å². The first-order valence-electron chi connectivity index (χ1n) is 6.30. The van der Waals surface area contributed by atoms with Gasteiger partial charge in [-0.2, -0.15) is 4.31 Å². The van der Waals surface area contributed by atoms with Gasteiger partial charge in [-0.15, -0.1) is 0 Å². The predicted molar refractivity (Wildman–Crippen MR) is 76.6 cm³/mol. The van der Waals surface area contributed by atoms with Crippen LogP contribution >= 0.6 is 0 Å². The molecule has 112 valence electrons. The zero-order valence-electron chi connectivity index (χ0n) is 11.9. The molecule has 0 saturated carbocycles. The molecule has 0 aliphatic carbocycles. The van der Waals surface area contributed by atoms with Crippen LogP contribution in [0.4, 0.5) is 4.39 Å². The fourth-order valence-corrected chi connectivity index (χ4v) is 3.57. The van der Waals surface area contributed by atoms with Crippen LogP contribution in [0, 0.1) is 24.1 Å². The summed E-state index contributed by atoms with van der Waals surface area (Å²) < 4.78 is 39.6. The third kappa shape index (κ3) is 3.55. The van der Waals surface area contributed by atoms with Crippen LogP contribution in [0.1, 0.15) is 19.4 Å². The van der Waals surface area contributed by atoms with Crippen molar-refractivity contribution >= 4 is 15.9 Å². The molecule has 0 spiro atoms. The summed E-state index contributed by atoms with van der Waals surface area (Å²) in [6.45, 7) is 5.33. The first kappa shape index (κ1) is 16.6. The Morgan fingerprint density at radius 3 is 2.60 bits per heavy atom. The van der Waals surface area contributed by atoms with Gasteiger partial charge in [0, 0.05) is 19.0 Å². The van der Waals surface area contributed by atoms with Crippen LogP contribution in [0.15, 0.2) is 23.1 Å². The molecular formula is C13H20FN3O2S. The minimum Gasteiger partial charge on any atom is -0.387 e. The molecule has 0 radical (unpaired) electrons. The number of aryl methyl sites for hydroxylation is 1. The molecule has 0 heterocycles. The zero-order chi connectivity index (χ0) is 15.5. The fraction of sp³-hybridized carbons (Fsp3) is 0.462. The van der Waals surface area contributed by atoms with Crippen molar-refractivity contribution in [3.05, 3.63) is 29.6 Å². The topological polar surface area (TPSA) is 87.2 Å². The lowest BCUT2D eigenvalue weighted by atomic mass is 10.1. The van der Waals surface area contributed by atoms with E-state index < -0.39 is 21.8 Å². The van der Waals surface area contributed by atoms with Crippen molar-refractivity contribution < 1.29 is 12.8 Å². The lowest BCUT2D eigenvalue weighted by Crippen LogP contribution is -2.38. The Bertz CT molecular complexity index is 602. The van der Waals surface area contributed by atoms with Gasteiger partial charge in [0.2, 0.25) is 10.0 Å². The number of hydrogen-bond donors (Lipinski definition) is 2. The quantitative estimate of drug-likeness (QED) is 0.619. The van der Waals surface area contributed by atoms with Gasteiger partial charge in [0.15, 0.2) is 0 Å². The average Bonchev–Trinajstić information content (AvgIpc) is 2.37. The summed E-state index contributed by atoms with van der Waals surface area (Å²) >= 11 is 0. The van der Waals surface area contributed by atoms with Crippen LogP contribution in [0.3, 0.4) is 0 Å². The van der Waals surface area contributed by atoms with Crippen molar-refractivity contribution in [2.24, 2.45) is 11.7 Å². The molecule has 7 heteroatoms. The first-order chi connectivity index (χ1) is 9.20. The van der Waals surface area contributed by atoms with Crippen molar-refractivity contribution in [3.63, 3.8) is 0 Å². The lowest BCUT2D eigenvalue weighted by Gasteiger charge is -2.24. The van der Waals surface area contributed by atoms with Gasteiger partial charge in [-0.3, -0.25) is 5.41 Å². The Hall–Kier alpha value is -1.47. The van der Waals surface area contributed by atoms with E-state index in [2.05, 4.69) is 0 Å². The third-order valence-electron chi connectivity index (χ3n) is 3.13. The van der Waals surface area contributed by atoms with Crippen LogP contribution in [-0.4, -0.2) is 31.6 Å². The van der Waals surface area contributed by atoms with Crippen molar-refractivity contribution in [1.82, 2.24) is 4.31 Å². The first-order valence-corrected chi connectivity index (χ1v) is 7.74. The fourth-order valence-electron chi connectivity index (χ4n) is 1.79. The van der Waals surface area contributed by atoms with E-state index in [9.17, 15) is 12.8 Å². The molecule has 1 aromatic rings. The average molecular weight is 301 g/mol. The second-order valence-electron chi connectivity index (χ2n) is 4.72. The number of rotatable bonds is 6. The van der Waals surface area contributed by atoms with Gasteiger partial charge >= 0.3 is 0 Å². The summed E-state index contributed by atoms with van der Waals surface area (Å²) in [6, 6.07) is 3.68. The summed E-state index contributed by atoms with van der Waals surface area (Å²) in [4.78, 5) is -0.0462. The highest BCUT2D eigenvalue weighted by atomic mass is 32.2. The molecule has 1 rings (SSSR count). The standard InChI is InChI=1S/C13H20FN3O2S/c1-4-17(8-10(3)13(15)16)20(18,19)12-7-11(14)6-5-9(12)2/h5-7,10H,4,8H2,1-3H3,(H3,15,16). The molecular weight excluding hydrogens is 281 g/mol. The second kappa shape index (κ2) is 6.32. The normalized spacial score (nSPS) is 13.4. The maximum absolute atomic E-state index is 13.3. The summed E-state index contributed by atoms with van der Waals surface area (Å²) in [5, 5.41) is 7.35. The molecule has 0 aliphatic rings. The number of sulfonamides is 1. The molecule has 3 N–H and O–H groups in total. The highest BCUT2D eigenvalue weighted by molar-refractivity contribution is 7.89. The number of nitrogens with zero attached hydrogens (tertiary/aromatic N) is 1. The summed E-state index contributed by atoms with van der Waals surface area (Å²) in [5.74, 6) is -1.06. The van der Waals surface area contributed by atoms with Crippen LogP contribution < -0.4 is 5.73 Å². The van der Waals surface area contributed by atoms with Gasteiger partial charge < -0.3 is 5.73 Å². The Morgan fingerprint density at radius 1 is 1.50 bits per heavy atom. The smallest absolute Gasteiger partial charge is 0.243 e. The predicted octanol–water partition coefficient (Wildman–Crippen LogP) is 1.72. The van der Waals surface area contributed by atoms with Crippen molar-refractivity contribution in [2.75, 3.05) is 13.1 Å². The van der Waals surface area contributed by atoms with Crippen molar-refractivity contribution in [1.29, 1.82) is 5.41 Å². The van der Waals surface area contributed by atoms with Crippen molar-refractivity contribution in [3.8, 4) is 0 Å². The van der Waals surface area contributed by atoms with Gasteiger partial charge in [0.25, 0.3) is 0 Å². The highest BCUT2D eigenvalue weighted by Crippen LogP contribution is 2.21. The molecule has 0 amide bonds.